The van der Waals surface area contributed by atoms with Gasteiger partial charge < -0.3 is 10.1 Å². The SMILES string of the molecule is COc1ccc(C2=NN(C3=NC(=O)[C@H](CC(=O)Nc4cc(C)cc(C)c4)S3)[C@@H](c3ccc(Cl)cc3)C2)cc1. The number of hydrogen-bond donors (Lipinski definition) is 1. The first kappa shape index (κ1) is 26.0. The van der Waals surface area contributed by atoms with E-state index < -0.39 is 5.25 Å². The van der Waals surface area contributed by atoms with Crippen molar-refractivity contribution in [2.75, 3.05) is 12.4 Å². The van der Waals surface area contributed by atoms with E-state index >= 15 is 0 Å². The third-order valence-electron chi connectivity index (χ3n) is 6.39. The van der Waals surface area contributed by atoms with Gasteiger partial charge in [-0.05, 0) is 84.6 Å². The third-order valence-corrected chi connectivity index (χ3v) is 7.78. The Bertz CT molecular complexity index is 1420. The topological polar surface area (TPSA) is 83.4 Å². The number of benzene rings is 3. The number of ether oxygens (including phenoxy) is 1. The highest BCUT2D eigenvalue weighted by molar-refractivity contribution is 8.15. The molecule has 7 nitrogen and oxygen atoms in total. The molecule has 2 aliphatic heterocycles. The van der Waals surface area contributed by atoms with Crippen LogP contribution in [0, 0.1) is 13.8 Å². The van der Waals surface area contributed by atoms with E-state index in [1.54, 1.807) is 12.1 Å². The zero-order chi connectivity index (χ0) is 26.8. The van der Waals surface area contributed by atoms with E-state index in [1.165, 1.54) is 11.8 Å². The number of thioether (sulfide) groups is 1. The summed E-state index contributed by atoms with van der Waals surface area (Å²) in [5, 5.41) is 10.1. The highest BCUT2D eigenvalue weighted by atomic mass is 35.5. The number of hydrazone groups is 1. The second-order valence-electron chi connectivity index (χ2n) is 9.36. The fourth-order valence-corrected chi connectivity index (χ4v) is 5.81. The minimum Gasteiger partial charge on any atom is -0.497 e. The second kappa shape index (κ2) is 11.0. The average Bonchev–Trinajstić information content (AvgIpc) is 3.48. The van der Waals surface area contributed by atoms with E-state index in [0.717, 1.165) is 39.4 Å². The van der Waals surface area contributed by atoms with Crippen molar-refractivity contribution in [3.05, 3.63) is 94.0 Å². The second-order valence-corrected chi connectivity index (χ2v) is 11.0. The molecule has 0 radical (unpaired) electrons. The first-order chi connectivity index (χ1) is 18.3. The number of anilines is 1. The lowest BCUT2D eigenvalue weighted by Gasteiger charge is -2.23. The van der Waals surface area contributed by atoms with Crippen LogP contribution in [-0.4, -0.2) is 40.1 Å². The van der Waals surface area contributed by atoms with E-state index in [0.29, 0.717) is 16.6 Å². The van der Waals surface area contributed by atoms with E-state index in [2.05, 4.69) is 10.3 Å². The van der Waals surface area contributed by atoms with Crippen molar-refractivity contribution in [2.24, 2.45) is 10.1 Å². The van der Waals surface area contributed by atoms with Crippen molar-refractivity contribution in [1.29, 1.82) is 0 Å². The Morgan fingerprint density at radius 3 is 2.42 bits per heavy atom. The number of amidine groups is 1. The Kier molecular flexibility index (Phi) is 7.53. The van der Waals surface area contributed by atoms with Crippen molar-refractivity contribution >= 4 is 51.7 Å². The molecule has 2 atom stereocenters. The lowest BCUT2D eigenvalue weighted by atomic mass is 9.98. The quantitative estimate of drug-likeness (QED) is 0.401. The van der Waals surface area contributed by atoms with E-state index in [9.17, 15) is 9.59 Å². The summed E-state index contributed by atoms with van der Waals surface area (Å²) in [6.07, 6.45) is 0.650. The molecule has 0 bridgehead atoms. The van der Waals surface area contributed by atoms with Crippen LogP contribution in [0.3, 0.4) is 0 Å². The molecule has 2 aliphatic rings. The number of nitrogens with one attached hydrogen (secondary N) is 1. The number of aliphatic imine (C=N–C) groups is 1. The molecule has 0 fully saturated rings. The lowest BCUT2D eigenvalue weighted by Crippen LogP contribution is -2.25. The molecule has 0 saturated heterocycles. The monoisotopic (exact) mass is 546 g/mol. The minimum absolute atomic E-state index is 0.0258. The molecule has 3 aromatic rings. The predicted octanol–water partition coefficient (Wildman–Crippen LogP) is 6.14. The maximum absolute atomic E-state index is 12.9. The van der Waals surface area contributed by atoms with Crippen molar-refractivity contribution < 1.29 is 14.3 Å². The molecule has 0 saturated carbocycles. The summed E-state index contributed by atoms with van der Waals surface area (Å²) in [7, 11) is 1.63. The van der Waals surface area contributed by atoms with Gasteiger partial charge in [0, 0.05) is 23.6 Å². The zero-order valence-corrected chi connectivity index (χ0v) is 22.8. The molecule has 3 aromatic carbocycles. The highest BCUT2D eigenvalue weighted by Crippen LogP contribution is 2.39. The van der Waals surface area contributed by atoms with Crippen LogP contribution >= 0.6 is 23.4 Å². The van der Waals surface area contributed by atoms with E-state index in [4.69, 9.17) is 21.4 Å². The molecular weight excluding hydrogens is 520 g/mol. The van der Waals surface area contributed by atoms with E-state index in [1.807, 2.05) is 80.6 Å². The number of nitrogens with zero attached hydrogens (tertiary/aromatic N) is 3. The van der Waals surface area contributed by atoms with Crippen LogP contribution in [0.1, 0.15) is 41.1 Å². The molecule has 1 N–H and O–H groups in total. The lowest BCUT2D eigenvalue weighted by molar-refractivity contribution is -0.121. The number of methoxy groups -OCH3 is 1. The average molecular weight is 547 g/mol. The Morgan fingerprint density at radius 2 is 1.76 bits per heavy atom. The van der Waals surface area contributed by atoms with Crippen LogP contribution in [0.15, 0.2) is 76.8 Å². The van der Waals surface area contributed by atoms with Gasteiger partial charge in [-0.3, -0.25) is 9.59 Å². The maximum atomic E-state index is 12.9. The summed E-state index contributed by atoms with van der Waals surface area (Å²) >= 11 is 7.41. The zero-order valence-electron chi connectivity index (χ0n) is 21.3. The van der Waals surface area contributed by atoms with Crippen LogP contribution in [-0.2, 0) is 9.59 Å². The Balaban J connectivity index is 1.35. The molecule has 2 amide bonds. The molecule has 0 aliphatic carbocycles. The molecule has 38 heavy (non-hydrogen) atoms. The van der Waals surface area contributed by atoms with E-state index in [-0.39, 0.29) is 24.3 Å². The molecule has 5 rings (SSSR count). The fraction of sp³-hybridized carbons (Fsp3) is 0.241. The van der Waals surface area contributed by atoms with Gasteiger partial charge in [0.1, 0.15) is 11.0 Å². The number of halogens is 1. The van der Waals surface area contributed by atoms with Crippen LogP contribution in [0.4, 0.5) is 5.69 Å². The number of carbonyl (C=O) groups excluding carboxylic acids is 2. The van der Waals surface area contributed by atoms with Gasteiger partial charge in [0.2, 0.25) is 5.91 Å². The first-order valence-electron chi connectivity index (χ1n) is 12.2. The summed E-state index contributed by atoms with van der Waals surface area (Å²) in [5.74, 6) is 0.209. The van der Waals surface area contributed by atoms with Crippen molar-refractivity contribution in [3.8, 4) is 5.75 Å². The number of carbonyl (C=O) groups is 2. The van der Waals surface area contributed by atoms with Gasteiger partial charge in [0.05, 0.1) is 18.9 Å². The molecule has 194 valence electrons. The normalized spacial score (nSPS) is 18.8. The van der Waals surface area contributed by atoms with Gasteiger partial charge in [-0.2, -0.15) is 10.1 Å². The molecule has 2 heterocycles. The van der Waals surface area contributed by atoms with Crippen LogP contribution < -0.4 is 10.1 Å². The standard InChI is InChI=1S/C29H27ClN4O3S/c1-17-12-18(2)14-22(13-17)31-27(35)16-26-28(36)32-29(38-26)34-25(20-4-8-21(30)9-5-20)15-24(33-34)19-6-10-23(37-3)11-7-19/h4-14,25-26H,15-16H2,1-3H3,(H,31,35)/t25-,26+/m1/s1. The summed E-state index contributed by atoms with van der Waals surface area (Å²) in [6.45, 7) is 3.96. The molecule has 9 heteroatoms. The van der Waals surface area contributed by atoms with Gasteiger partial charge in [-0.15, -0.1) is 0 Å². The Morgan fingerprint density at radius 1 is 1.08 bits per heavy atom. The first-order valence-corrected chi connectivity index (χ1v) is 13.5. The summed E-state index contributed by atoms with van der Waals surface area (Å²) in [6, 6.07) is 21.0. The van der Waals surface area contributed by atoms with Crippen molar-refractivity contribution in [1.82, 2.24) is 5.01 Å². The fourth-order valence-electron chi connectivity index (χ4n) is 4.62. The number of amides is 2. The molecular formula is C29H27ClN4O3S. The largest absolute Gasteiger partial charge is 0.497 e. The number of aryl methyl sites for hydroxylation is 2. The number of hydrogen-bond acceptors (Lipinski definition) is 6. The summed E-state index contributed by atoms with van der Waals surface area (Å²) in [5.41, 5.74) is 5.69. The Labute approximate surface area is 230 Å². The van der Waals surface area contributed by atoms with Crippen molar-refractivity contribution in [2.45, 2.75) is 38.0 Å². The minimum atomic E-state index is -0.609. The van der Waals surface area contributed by atoms with Gasteiger partial charge in [-0.25, -0.2) is 5.01 Å². The van der Waals surface area contributed by atoms with Gasteiger partial charge in [0.15, 0.2) is 5.17 Å². The number of rotatable bonds is 6. The highest BCUT2D eigenvalue weighted by Gasteiger charge is 2.39. The Hall–Kier alpha value is -3.62. The van der Waals surface area contributed by atoms with Crippen LogP contribution in [0.25, 0.3) is 0 Å². The maximum Gasteiger partial charge on any atom is 0.262 e. The molecule has 0 spiro atoms. The van der Waals surface area contributed by atoms with Crippen LogP contribution in [0.5, 0.6) is 5.75 Å². The van der Waals surface area contributed by atoms with Crippen LogP contribution in [0.2, 0.25) is 5.02 Å². The van der Waals surface area contributed by atoms with Gasteiger partial charge in [0.25, 0.3) is 5.91 Å². The third kappa shape index (κ3) is 5.76. The smallest absolute Gasteiger partial charge is 0.262 e. The summed E-state index contributed by atoms with van der Waals surface area (Å²) < 4.78 is 5.28. The predicted molar refractivity (Wildman–Crippen MR) is 153 cm³/mol. The van der Waals surface area contributed by atoms with Gasteiger partial charge in [-0.1, -0.05) is 41.6 Å². The molecule has 0 unspecified atom stereocenters. The molecule has 0 aromatic heterocycles. The van der Waals surface area contributed by atoms with Crippen molar-refractivity contribution in [3.63, 3.8) is 0 Å². The summed E-state index contributed by atoms with van der Waals surface area (Å²) in [4.78, 5) is 30.0. The van der Waals surface area contributed by atoms with Gasteiger partial charge >= 0.3 is 0 Å².